The second-order valence-corrected chi connectivity index (χ2v) is 8.68. The first-order valence-electron chi connectivity index (χ1n) is 7.51. The highest BCUT2D eigenvalue weighted by atomic mass is 127. The Kier molecular flexibility index (Phi) is 7.84. The van der Waals surface area contributed by atoms with Gasteiger partial charge in [-0.1, -0.05) is 54.9 Å². The number of halogens is 2. The summed E-state index contributed by atoms with van der Waals surface area (Å²) < 4.78 is 14.9. The lowest BCUT2D eigenvalue weighted by molar-refractivity contribution is 0.00578. The fourth-order valence-electron chi connectivity index (χ4n) is 2.27. The molecule has 116 valence electrons. The second kappa shape index (κ2) is 8.15. The Morgan fingerprint density at radius 1 is 1.15 bits per heavy atom. The van der Waals surface area contributed by atoms with E-state index in [1.807, 2.05) is 0 Å². The van der Waals surface area contributed by atoms with Crippen LogP contribution in [-0.2, 0) is 9.31 Å². The van der Waals surface area contributed by atoms with Crippen molar-refractivity contribution in [3.05, 3.63) is 9.66 Å². The maximum absolute atomic E-state index is 6.23. The smallest absolute Gasteiger partial charge is 0.403 e. The van der Waals surface area contributed by atoms with Crippen LogP contribution in [0.3, 0.4) is 0 Å². The lowest BCUT2D eigenvalue weighted by atomic mass is 9.69. The Hall–Kier alpha value is 1.18. The summed E-state index contributed by atoms with van der Waals surface area (Å²) in [6, 6.07) is 0. The number of hydrogen-bond acceptors (Lipinski definition) is 2. The van der Waals surface area contributed by atoms with Crippen LogP contribution in [0.4, 0.5) is 0 Å². The van der Waals surface area contributed by atoms with E-state index in [0.29, 0.717) is 5.82 Å². The first-order chi connectivity index (χ1) is 9.23. The average molecular weight is 504 g/mol. The summed E-state index contributed by atoms with van der Waals surface area (Å²) in [6.07, 6.45) is 7.28. The van der Waals surface area contributed by atoms with E-state index in [0.717, 1.165) is 10.8 Å². The van der Waals surface area contributed by atoms with Gasteiger partial charge in [0.2, 0.25) is 0 Å². The van der Waals surface area contributed by atoms with E-state index < -0.39 is 0 Å². The van der Waals surface area contributed by atoms with Crippen molar-refractivity contribution in [3.63, 3.8) is 0 Å². The van der Waals surface area contributed by atoms with Gasteiger partial charge in [0.25, 0.3) is 0 Å². The quantitative estimate of drug-likeness (QED) is 0.190. The molecule has 1 rings (SSSR count). The third-order valence-electron chi connectivity index (χ3n) is 4.28. The van der Waals surface area contributed by atoms with E-state index in [4.69, 9.17) is 9.31 Å². The van der Waals surface area contributed by atoms with E-state index in [9.17, 15) is 0 Å². The van der Waals surface area contributed by atoms with Crippen molar-refractivity contribution >= 4 is 52.3 Å². The summed E-state index contributed by atoms with van der Waals surface area (Å²) in [5.41, 5.74) is -0.464. The molecule has 0 N–H and O–H groups in total. The maximum atomic E-state index is 6.23. The zero-order valence-electron chi connectivity index (χ0n) is 13.3. The highest BCUT2D eigenvalue weighted by molar-refractivity contribution is 14.1. The molecule has 2 nitrogen and oxygen atoms in total. The molecule has 1 aliphatic rings. The summed E-state index contributed by atoms with van der Waals surface area (Å²) in [5.74, 6) is 0.365. The van der Waals surface area contributed by atoms with Crippen LogP contribution in [0.15, 0.2) is 9.66 Å². The minimum atomic E-state index is -0.232. The molecule has 1 aliphatic heterocycles. The van der Waals surface area contributed by atoms with Gasteiger partial charge >= 0.3 is 7.12 Å². The third-order valence-corrected chi connectivity index (χ3v) is 7.31. The molecule has 0 bridgehead atoms. The van der Waals surface area contributed by atoms with Gasteiger partial charge in [-0.15, -0.1) is 0 Å². The van der Waals surface area contributed by atoms with E-state index in [-0.39, 0.29) is 18.3 Å². The minimum Gasteiger partial charge on any atom is -0.403 e. The van der Waals surface area contributed by atoms with Crippen molar-refractivity contribution in [2.24, 2.45) is 0 Å². The van der Waals surface area contributed by atoms with Gasteiger partial charge in [0, 0.05) is 10.2 Å². The summed E-state index contributed by atoms with van der Waals surface area (Å²) >= 11 is 4.84. The van der Waals surface area contributed by atoms with Gasteiger partial charge in [-0.3, -0.25) is 0 Å². The molecule has 0 spiro atoms. The zero-order valence-corrected chi connectivity index (χ0v) is 17.7. The average Bonchev–Trinajstić information content (AvgIpc) is 2.57. The topological polar surface area (TPSA) is 18.5 Å². The minimum absolute atomic E-state index is 0.107. The predicted octanol–water partition coefficient (Wildman–Crippen LogP) is 5.78. The fourth-order valence-corrected chi connectivity index (χ4v) is 2.98. The standard InChI is InChI=1S/C15H27BI2O2/c1-6-7-8-9-12(10-13(18)11-17)16-19-14(2,3)15(4,5)20-16/h10,12H,6-9,11H2,1-5H3/b13-10+. The Labute approximate surface area is 152 Å². The SMILES string of the molecule is CCCCCC(/C=C(/I)CI)B1OC(C)(C)C(C)(C)O1. The first-order valence-corrected chi connectivity index (χ1v) is 10.1. The van der Waals surface area contributed by atoms with Crippen LogP contribution in [0.2, 0.25) is 5.82 Å². The van der Waals surface area contributed by atoms with Crippen molar-refractivity contribution in [2.45, 2.75) is 77.3 Å². The second-order valence-electron chi connectivity index (χ2n) is 6.53. The van der Waals surface area contributed by atoms with Gasteiger partial charge in [0.15, 0.2) is 0 Å². The molecule has 0 amide bonds. The molecule has 1 unspecified atom stereocenters. The molecular formula is C15H27BI2O2. The van der Waals surface area contributed by atoms with Crippen molar-refractivity contribution in [2.75, 3.05) is 4.43 Å². The number of rotatable bonds is 7. The summed E-state index contributed by atoms with van der Waals surface area (Å²) in [5, 5.41) is 0. The van der Waals surface area contributed by atoms with Crippen LogP contribution in [0.25, 0.3) is 0 Å². The molecule has 1 saturated heterocycles. The Bertz CT molecular complexity index is 327. The summed E-state index contributed by atoms with van der Waals surface area (Å²) in [6.45, 7) is 10.8. The molecule has 1 heterocycles. The predicted molar refractivity (Wildman–Crippen MR) is 105 cm³/mol. The Morgan fingerprint density at radius 3 is 2.15 bits per heavy atom. The van der Waals surface area contributed by atoms with Gasteiger partial charge < -0.3 is 9.31 Å². The van der Waals surface area contributed by atoms with E-state index in [1.54, 1.807) is 0 Å². The molecule has 0 aromatic rings. The summed E-state index contributed by atoms with van der Waals surface area (Å²) in [7, 11) is -0.107. The van der Waals surface area contributed by atoms with Gasteiger partial charge in [-0.25, -0.2) is 0 Å². The molecule has 0 saturated carbocycles. The first kappa shape index (κ1) is 19.2. The lowest BCUT2D eigenvalue weighted by Gasteiger charge is -2.32. The van der Waals surface area contributed by atoms with Crippen molar-refractivity contribution in [1.29, 1.82) is 0 Å². The van der Waals surface area contributed by atoms with Gasteiger partial charge in [-0.2, -0.15) is 0 Å². The molecule has 0 radical (unpaired) electrons. The van der Waals surface area contributed by atoms with E-state index in [1.165, 1.54) is 22.8 Å². The molecular weight excluding hydrogens is 477 g/mol. The van der Waals surface area contributed by atoms with Crippen LogP contribution >= 0.6 is 45.2 Å². The molecule has 0 aromatic heterocycles. The zero-order chi connectivity index (χ0) is 15.4. The van der Waals surface area contributed by atoms with Crippen molar-refractivity contribution in [3.8, 4) is 0 Å². The monoisotopic (exact) mass is 504 g/mol. The van der Waals surface area contributed by atoms with Gasteiger partial charge in [-0.05, 0) is 60.3 Å². The molecule has 0 aliphatic carbocycles. The molecule has 1 atom stereocenters. The van der Waals surface area contributed by atoms with Gasteiger partial charge in [0.1, 0.15) is 0 Å². The maximum Gasteiger partial charge on any atom is 0.465 e. The Morgan fingerprint density at radius 2 is 1.70 bits per heavy atom. The molecule has 20 heavy (non-hydrogen) atoms. The normalized spacial score (nSPS) is 23.1. The highest BCUT2D eigenvalue weighted by Gasteiger charge is 2.53. The third kappa shape index (κ3) is 5.12. The van der Waals surface area contributed by atoms with Crippen molar-refractivity contribution < 1.29 is 9.31 Å². The van der Waals surface area contributed by atoms with E-state index in [2.05, 4.69) is 85.9 Å². The molecule has 1 fully saturated rings. The van der Waals surface area contributed by atoms with Crippen molar-refractivity contribution in [1.82, 2.24) is 0 Å². The largest absolute Gasteiger partial charge is 0.465 e. The van der Waals surface area contributed by atoms with Crippen LogP contribution in [0, 0.1) is 0 Å². The van der Waals surface area contributed by atoms with Crippen LogP contribution in [0.5, 0.6) is 0 Å². The van der Waals surface area contributed by atoms with Crippen LogP contribution in [-0.4, -0.2) is 22.7 Å². The Balaban J connectivity index is 2.79. The van der Waals surface area contributed by atoms with Gasteiger partial charge in [0.05, 0.1) is 11.2 Å². The highest BCUT2D eigenvalue weighted by Crippen LogP contribution is 2.42. The fraction of sp³-hybridized carbons (Fsp3) is 0.867. The number of hydrogen-bond donors (Lipinski definition) is 0. The molecule has 5 heteroatoms. The number of alkyl halides is 1. The van der Waals surface area contributed by atoms with Crippen LogP contribution < -0.4 is 0 Å². The van der Waals surface area contributed by atoms with Crippen LogP contribution in [0.1, 0.15) is 60.3 Å². The van der Waals surface area contributed by atoms with E-state index >= 15 is 0 Å². The molecule has 0 aromatic carbocycles. The number of unbranched alkanes of at least 4 members (excludes halogenated alkanes) is 2. The number of allylic oxidation sites excluding steroid dienone is 2. The lowest BCUT2D eigenvalue weighted by Crippen LogP contribution is -2.41. The summed E-state index contributed by atoms with van der Waals surface area (Å²) in [4.78, 5) is 0.